The molecule has 0 saturated heterocycles. The minimum atomic E-state index is 0.800. The molecule has 0 aliphatic carbocycles. The molecule has 0 amide bonds. The maximum absolute atomic E-state index is 5.95. The lowest BCUT2D eigenvalue weighted by atomic mass is 10.1. The first-order valence-electron chi connectivity index (χ1n) is 7.94. The fraction of sp³-hybridized carbons (Fsp3) is 0.350. The van der Waals surface area contributed by atoms with Gasteiger partial charge in [0.1, 0.15) is 5.75 Å². The van der Waals surface area contributed by atoms with Crippen molar-refractivity contribution in [2.45, 2.75) is 38.5 Å². The zero-order chi connectivity index (χ0) is 14.8. The van der Waals surface area contributed by atoms with Gasteiger partial charge in [-0.3, -0.25) is 0 Å². The van der Waals surface area contributed by atoms with Gasteiger partial charge < -0.3 is 4.74 Å². The quantitative estimate of drug-likeness (QED) is 0.571. The van der Waals surface area contributed by atoms with E-state index in [1.165, 1.54) is 17.5 Å². The number of aryl methyl sites for hydroxylation is 2. The maximum Gasteiger partial charge on any atom is 0.122 e. The Morgan fingerprint density at radius 3 is 2.33 bits per heavy atom. The SMILES string of the molecule is [CH2]CCCc1ccccc1OCCCCc1ccccc1. The lowest BCUT2D eigenvalue weighted by molar-refractivity contribution is 0.303. The van der Waals surface area contributed by atoms with Crippen LogP contribution >= 0.6 is 0 Å². The van der Waals surface area contributed by atoms with Gasteiger partial charge in [-0.2, -0.15) is 0 Å². The molecule has 0 bridgehead atoms. The molecule has 111 valence electrons. The normalized spacial score (nSPS) is 10.5. The zero-order valence-electron chi connectivity index (χ0n) is 12.8. The highest BCUT2D eigenvalue weighted by molar-refractivity contribution is 5.33. The lowest BCUT2D eigenvalue weighted by Crippen LogP contribution is -2.01. The molecule has 2 aromatic carbocycles. The van der Waals surface area contributed by atoms with Crippen LogP contribution in [0.1, 0.15) is 36.8 Å². The summed E-state index contributed by atoms with van der Waals surface area (Å²) in [6.45, 7) is 4.70. The Kier molecular flexibility index (Phi) is 6.87. The van der Waals surface area contributed by atoms with Crippen molar-refractivity contribution in [1.29, 1.82) is 0 Å². The first kappa shape index (κ1) is 15.6. The van der Waals surface area contributed by atoms with E-state index in [-0.39, 0.29) is 0 Å². The van der Waals surface area contributed by atoms with Crippen LogP contribution in [0.2, 0.25) is 0 Å². The van der Waals surface area contributed by atoms with Crippen molar-refractivity contribution in [1.82, 2.24) is 0 Å². The molecular weight excluding hydrogens is 256 g/mol. The highest BCUT2D eigenvalue weighted by atomic mass is 16.5. The smallest absolute Gasteiger partial charge is 0.122 e. The minimum Gasteiger partial charge on any atom is -0.493 e. The molecule has 0 spiro atoms. The van der Waals surface area contributed by atoms with Crippen LogP contribution in [0.5, 0.6) is 5.75 Å². The molecule has 0 N–H and O–H groups in total. The van der Waals surface area contributed by atoms with Gasteiger partial charge in [0, 0.05) is 0 Å². The van der Waals surface area contributed by atoms with E-state index in [0.29, 0.717) is 0 Å². The number of hydrogen-bond acceptors (Lipinski definition) is 1. The summed E-state index contributed by atoms with van der Waals surface area (Å²) >= 11 is 0. The predicted molar refractivity (Wildman–Crippen MR) is 89.6 cm³/mol. The number of rotatable bonds is 9. The van der Waals surface area contributed by atoms with E-state index in [0.717, 1.165) is 44.5 Å². The zero-order valence-corrected chi connectivity index (χ0v) is 12.8. The van der Waals surface area contributed by atoms with E-state index < -0.39 is 0 Å². The third-order valence-corrected chi connectivity index (χ3v) is 3.63. The predicted octanol–water partition coefficient (Wildman–Crippen LogP) is 5.25. The van der Waals surface area contributed by atoms with Crippen LogP contribution in [0.3, 0.4) is 0 Å². The Morgan fingerprint density at radius 1 is 0.762 bits per heavy atom. The molecule has 1 nitrogen and oxygen atoms in total. The molecule has 2 aromatic rings. The second-order valence-corrected chi connectivity index (χ2v) is 5.36. The third kappa shape index (κ3) is 5.63. The second kappa shape index (κ2) is 9.23. The number of hydrogen-bond donors (Lipinski definition) is 0. The summed E-state index contributed by atoms with van der Waals surface area (Å²) in [5, 5.41) is 0. The van der Waals surface area contributed by atoms with Crippen molar-refractivity contribution < 1.29 is 4.74 Å². The van der Waals surface area contributed by atoms with E-state index in [1.54, 1.807) is 0 Å². The fourth-order valence-electron chi connectivity index (χ4n) is 2.42. The molecule has 0 aromatic heterocycles. The van der Waals surface area contributed by atoms with Gasteiger partial charge in [0.15, 0.2) is 0 Å². The van der Waals surface area contributed by atoms with Gasteiger partial charge in [0.2, 0.25) is 0 Å². The summed E-state index contributed by atoms with van der Waals surface area (Å²) in [6.07, 6.45) is 6.56. The number of unbranched alkanes of at least 4 members (excludes halogenated alkanes) is 2. The van der Waals surface area contributed by atoms with Crippen molar-refractivity contribution in [2.24, 2.45) is 0 Å². The summed E-state index contributed by atoms with van der Waals surface area (Å²) in [5.41, 5.74) is 2.72. The minimum absolute atomic E-state index is 0.800. The van der Waals surface area contributed by atoms with Crippen LogP contribution in [0.25, 0.3) is 0 Å². The van der Waals surface area contributed by atoms with Gasteiger partial charge in [-0.1, -0.05) is 61.9 Å². The molecule has 0 aliphatic heterocycles. The van der Waals surface area contributed by atoms with Gasteiger partial charge in [0.05, 0.1) is 6.61 Å². The van der Waals surface area contributed by atoms with E-state index in [1.807, 2.05) is 6.07 Å². The van der Waals surface area contributed by atoms with E-state index in [9.17, 15) is 0 Å². The van der Waals surface area contributed by atoms with Crippen molar-refractivity contribution in [3.05, 3.63) is 72.6 Å². The number of benzene rings is 2. The average Bonchev–Trinajstić information content (AvgIpc) is 2.54. The third-order valence-electron chi connectivity index (χ3n) is 3.63. The van der Waals surface area contributed by atoms with Gasteiger partial charge in [-0.05, 0) is 49.3 Å². The Labute approximate surface area is 129 Å². The summed E-state index contributed by atoms with van der Waals surface area (Å²) in [7, 11) is 0. The highest BCUT2D eigenvalue weighted by Crippen LogP contribution is 2.20. The van der Waals surface area contributed by atoms with E-state index in [2.05, 4.69) is 55.5 Å². The maximum atomic E-state index is 5.95. The number of ether oxygens (including phenoxy) is 1. The average molecular weight is 281 g/mol. The molecule has 0 fully saturated rings. The topological polar surface area (TPSA) is 9.23 Å². The highest BCUT2D eigenvalue weighted by Gasteiger charge is 2.02. The van der Waals surface area contributed by atoms with Crippen LogP contribution in [-0.2, 0) is 12.8 Å². The molecule has 0 atom stereocenters. The molecule has 21 heavy (non-hydrogen) atoms. The first-order valence-corrected chi connectivity index (χ1v) is 7.94. The number of para-hydroxylation sites is 1. The van der Waals surface area contributed by atoms with Crippen LogP contribution in [0.15, 0.2) is 54.6 Å². The van der Waals surface area contributed by atoms with Gasteiger partial charge >= 0.3 is 0 Å². The molecule has 1 radical (unpaired) electrons. The van der Waals surface area contributed by atoms with Crippen molar-refractivity contribution in [3.8, 4) is 5.75 Å². The summed E-state index contributed by atoms with van der Waals surface area (Å²) < 4.78 is 5.95. The molecule has 2 rings (SSSR count). The van der Waals surface area contributed by atoms with E-state index >= 15 is 0 Å². The van der Waals surface area contributed by atoms with Crippen molar-refractivity contribution in [2.75, 3.05) is 6.61 Å². The van der Waals surface area contributed by atoms with Crippen LogP contribution in [-0.4, -0.2) is 6.61 Å². The van der Waals surface area contributed by atoms with Crippen LogP contribution < -0.4 is 4.74 Å². The molecular formula is C20H25O. The van der Waals surface area contributed by atoms with Crippen LogP contribution in [0, 0.1) is 6.92 Å². The van der Waals surface area contributed by atoms with E-state index in [4.69, 9.17) is 4.74 Å². The largest absolute Gasteiger partial charge is 0.493 e. The van der Waals surface area contributed by atoms with Gasteiger partial charge in [-0.25, -0.2) is 0 Å². The first-order chi connectivity index (χ1) is 10.4. The molecule has 0 heterocycles. The Bertz CT molecular complexity index is 504. The van der Waals surface area contributed by atoms with Crippen LogP contribution in [0.4, 0.5) is 0 Å². The summed E-state index contributed by atoms with van der Waals surface area (Å²) in [5.74, 6) is 1.05. The van der Waals surface area contributed by atoms with Gasteiger partial charge in [0.25, 0.3) is 0 Å². The summed E-state index contributed by atoms with van der Waals surface area (Å²) in [4.78, 5) is 0. The molecule has 0 aliphatic rings. The Balaban J connectivity index is 1.71. The molecule has 0 unspecified atom stereocenters. The molecule has 0 saturated carbocycles. The lowest BCUT2D eigenvalue weighted by Gasteiger charge is -2.11. The second-order valence-electron chi connectivity index (χ2n) is 5.36. The standard InChI is InChI=1S/C20H25O/c1-2-3-14-19-15-7-8-16-20(19)21-17-10-9-13-18-11-5-4-6-12-18/h4-8,11-12,15-16H,1-3,9-10,13-14,17H2. The van der Waals surface area contributed by atoms with Gasteiger partial charge in [-0.15, -0.1) is 0 Å². The van der Waals surface area contributed by atoms with Crippen molar-refractivity contribution in [3.63, 3.8) is 0 Å². The fourth-order valence-corrected chi connectivity index (χ4v) is 2.42. The Morgan fingerprint density at radius 2 is 1.52 bits per heavy atom. The molecule has 1 heteroatoms. The Hall–Kier alpha value is -1.76. The van der Waals surface area contributed by atoms with Crippen molar-refractivity contribution >= 4 is 0 Å². The monoisotopic (exact) mass is 281 g/mol. The summed E-state index contributed by atoms with van der Waals surface area (Å²) in [6, 6.07) is 19.0.